The van der Waals surface area contributed by atoms with Gasteiger partial charge in [0.25, 0.3) is 0 Å². The van der Waals surface area contributed by atoms with Crippen LogP contribution in [0.25, 0.3) is 22.6 Å². The first-order chi connectivity index (χ1) is 12.4. The van der Waals surface area contributed by atoms with E-state index in [4.69, 9.17) is 10.1 Å². The molecule has 0 aliphatic heterocycles. The number of carbonyl (C=O) groups is 1. The molecule has 0 radical (unpaired) electrons. The molecule has 0 aliphatic carbocycles. The highest BCUT2D eigenvalue weighted by Crippen LogP contribution is 2.27. The van der Waals surface area contributed by atoms with Crippen LogP contribution in [0.3, 0.4) is 0 Å². The molecule has 2 heterocycles. The molecule has 1 aromatic carbocycles. The Morgan fingerprint density at radius 2 is 1.54 bits per heavy atom. The number of aromatic nitrogens is 3. The molecule has 26 heavy (non-hydrogen) atoms. The zero-order chi connectivity index (χ0) is 18.8. The van der Waals surface area contributed by atoms with E-state index >= 15 is 0 Å². The van der Waals surface area contributed by atoms with E-state index in [-0.39, 0.29) is 5.56 Å². The van der Waals surface area contributed by atoms with Crippen molar-refractivity contribution in [2.45, 2.75) is 39.5 Å². The predicted molar refractivity (Wildman–Crippen MR) is 102 cm³/mol. The van der Waals surface area contributed by atoms with Gasteiger partial charge in [0, 0.05) is 5.69 Å². The van der Waals surface area contributed by atoms with E-state index in [1.165, 1.54) is 0 Å². The monoisotopic (exact) mass is 349 g/mol. The van der Waals surface area contributed by atoms with Crippen LogP contribution < -0.4 is 0 Å². The number of carboxylic acids is 1. The van der Waals surface area contributed by atoms with Gasteiger partial charge in [-0.1, -0.05) is 39.8 Å². The molecule has 2 aromatic heterocycles. The first-order valence-corrected chi connectivity index (χ1v) is 8.76. The number of aromatic amines is 1. The Balaban J connectivity index is 1.94. The smallest absolute Gasteiger partial charge is 0.335 e. The highest BCUT2D eigenvalue weighted by molar-refractivity contribution is 5.88. The van der Waals surface area contributed by atoms with Crippen LogP contribution in [-0.2, 0) is 0 Å². The lowest BCUT2D eigenvalue weighted by atomic mass is 10.0. The maximum absolute atomic E-state index is 11.0. The van der Waals surface area contributed by atoms with E-state index < -0.39 is 5.97 Å². The zero-order valence-corrected chi connectivity index (χ0v) is 15.4. The van der Waals surface area contributed by atoms with Gasteiger partial charge in [0.1, 0.15) is 5.69 Å². The van der Waals surface area contributed by atoms with Crippen LogP contribution in [0.1, 0.15) is 61.3 Å². The molecule has 0 amide bonds. The quantitative estimate of drug-likeness (QED) is 0.673. The summed E-state index contributed by atoms with van der Waals surface area (Å²) in [7, 11) is 0. The first-order valence-electron chi connectivity index (χ1n) is 8.76. The van der Waals surface area contributed by atoms with Crippen LogP contribution in [0.15, 0.2) is 42.6 Å². The third-order valence-electron chi connectivity index (χ3n) is 4.33. The summed E-state index contributed by atoms with van der Waals surface area (Å²) >= 11 is 0. The number of rotatable bonds is 5. The third-order valence-corrected chi connectivity index (χ3v) is 4.33. The van der Waals surface area contributed by atoms with E-state index in [2.05, 4.69) is 37.7 Å². The number of aromatic carboxylic acids is 1. The summed E-state index contributed by atoms with van der Waals surface area (Å²) in [5.74, 6) is -0.288. The van der Waals surface area contributed by atoms with Crippen molar-refractivity contribution in [1.29, 1.82) is 0 Å². The SMILES string of the molecule is CC(C)c1ncc(-c2ccc(-c3ccc(C(=O)O)cc3)[nH]2)nc1C(C)C. The van der Waals surface area contributed by atoms with Gasteiger partial charge in [-0.2, -0.15) is 0 Å². The molecule has 5 nitrogen and oxygen atoms in total. The fraction of sp³-hybridized carbons (Fsp3) is 0.286. The molecule has 0 bridgehead atoms. The molecule has 0 saturated carbocycles. The van der Waals surface area contributed by atoms with E-state index in [1.54, 1.807) is 24.3 Å². The molecule has 2 N–H and O–H groups in total. The third kappa shape index (κ3) is 3.52. The first kappa shape index (κ1) is 17.9. The molecule has 134 valence electrons. The number of hydrogen-bond donors (Lipinski definition) is 2. The van der Waals surface area contributed by atoms with Crippen molar-refractivity contribution in [2.75, 3.05) is 0 Å². The summed E-state index contributed by atoms with van der Waals surface area (Å²) in [6.45, 7) is 8.51. The summed E-state index contributed by atoms with van der Waals surface area (Å²) in [4.78, 5) is 23.8. The molecule has 0 atom stereocenters. The second-order valence-corrected chi connectivity index (χ2v) is 7.00. The minimum Gasteiger partial charge on any atom is -0.478 e. The Morgan fingerprint density at radius 3 is 2.12 bits per heavy atom. The lowest BCUT2D eigenvalue weighted by Gasteiger charge is -2.14. The summed E-state index contributed by atoms with van der Waals surface area (Å²) in [5.41, 5.74) is 5.89. The topological polar surface area (TPSA) is 78.9 Å². The van der Waals surface area contributed by atoms with Crippen LogP contribution in [0.4, 0.5) is 0 Å². The highest BCUT2D eigenvalue weighted by Gasteiger charge is 2.15. The van der Waals surface area contributed by atoms with E-state index in [0.29, 0.717) is 11.8 Å². The van der Waals surface area contributed by atoms with Gasteiger partial charge in [-0.3, -0.25) is 4.98 Å². The average Bonchev–Trinajstić information content (AvgIpc) is 3.11. The molecule has 0 spiro atoms. The molecule has 0 fully saturated rings. The standard InChI is InChI=1S/C21H23N3O2/c1-12(2)19-20(13(3)4)24-18(11-22-19)17-10-9-16(23-17)14-5-7-15(8-6-14)21(25)26/h5-13,23H,1-4H3,(H,25,26). The van der Waals surface area contributed by atoms with Gasteiger partial charge in [0.05, 0.1) is 28.8 Å². The van der Waals surface area contributed by atoms with Crippen LogP contribution in [0.5, 0.6) is 0 Å². The van der Waals surface area contributed by atoms with Gasteiger partial charge in [-0.25, -0.2) is 9.78 Å². The number of hydrogen-bond acceptors (Lipinski definition) is 3. The van der Waals surface area contributed by atoms with Crippen LogP contribution in [0.2, 0.25) is 0 Å². The maximum atomic E-state index is 11.0. The van der Waals surface area contributed by atoms with Crippen molar-refractivity contribution in [3.05, 3.63) is 59.5 Å². The van der Waals surface area contributed by atoms with Crippen molar-refractivity contribution >= 4 is 5.97 Å². The molecule has 0 unspecified atom stereocenters. The second kappa shape index (κ2) is 7.12. The van der Waals surface area contributed by atoms with E-state index in [9.17, 15) is 4.79 Å². The van der Waals surface area contributed by atoms with E-state index in [1.807, 2.05) is 18.3 Å². The van der Waals surface area contributed by atoms with E-state index in [0.717, 1.165) is 34.0 Å². The van der Waals surface area contributed by atoms with Crippen LogP contribution >= 0.6 is 0 Å². The van der Waals surface area contributed by atoms with Crippen molar-refractivity contribution < 1.29 is 9.90 Å². The normalized spacial score (nSPS) is 11.3. The highest BCUT2D eigenvalue weighted by atomic mass is 16.4. The molecule has 0 saturated heterocycles. The maximum Gasteiger partial charge on any atom is 0.335 e. The molecular formula is C21H23N3O2. The molecule has 0 aliphatic rings. The van der Waals surface area contributed by atoms with Crippen molar-refractivity contribution in [2.24, 2.45) is 0 Å². The summed E-state index contributed by atoms with van der Waals surface area (Å²) in [6.07, 6.45) is 1.81. The Morgan fingerprint density at radius 1 is 0.923 bits per heavy atom. The summed E-state index contributed by atoms with van der Waals surface area (Å²) in [5, 5.41) is 9.01. The van der Waals surface area contributed by atoms with Crippen molar-refractivity contribution in [3.63, 3.8) is 0 Å². The Kier molecular flexibility index (Phi) is 4.89. The second-order valence-electron chi connectivity index (χ2n) is 7.00. The molecule has 3 aromatic rings. The van der Waals surface area contributed by atoms with Gasteiger partial charge in [-0.05, 0) is 41.7 Å². The van der Waals surface area contributed by atoms with Crippen LogP contribution in [-0.4, -0.2) is 26.0 Å². The van der Waals surface area contributed by atoms with Gasteiger partial charge in [0.15, 0.2) is 0 Å². The fourth-order valence-electron chi connectivity index (χ4n) is 2.92. The Hall–Kier alpha value is -2.95. The lowest BCUT2D eigenvalue weighted by Crippen LogP contribution is -2.06. The number of benzene rings is 1. The van der Waals surface area contributed by atoms with Gasteiger partial charge in [-0.15, -0.1) is 0 Å². The van der Waals surface area contributed by atoms with Gasteiger partial charge in [0.2, 0.25) is 0 Å². The summed E-state index contributed by atoms with van der Waals surface area (Å²) < 4.78 is 0. The summed E-state index contributed by atoms with van der Waals surface area (Å²) in [6, 6.07) is 10.7. The Labute approximate surface area is 153 Å². The van der Waals surface area contributed by atoms with Crippen molar-refractivity contribution in [3.8, 4) is 22.6 Å². The number of H-pyrrole nitrogens is 1. The Bertz CT molecular complexity index is 925. The van der Waals surface area contributed by atoms with Gasteiger partial charge >= 0.3 is 5.97 Å². The number of nitrogens with zero attached hydrogens (tertiary/aromatic N) is 2. The lowest BCUT2D eigenvalue weighted by molar-refractivity contribution is 0.0697. The predicted octanol–water partition coefficient (Wildman–Crippen LogP) is 5.08. The number of nitrogens with one attached hydrogen (secondary N) is 1. The minimum atomic E-state index is -0.926. The minimum absolute atomic E-state index is 0.275. The zero-order valence-electron chi connectivity index (χ0n) is 15.4. The number of carboxylic acid groups (broad SMARTS) is 1. The fourth-order valence-corrected chi connectivity index (χ4v) is 2.92. The molecule has 5 heteroatoms. The largest absolute Gasteiger partial charge is 0.478 e. The molecular weight excluding hydrogens is 326 g/mol. The molecule has 3 rings (SSSR count). The average molecular weight is 349 g/mol. The van der Waals surface area contributed by atoms with Gasteiger partial charge < -0.3 is 10.1 Å². The van der Waals surface area contributed by atoms with Crippen LogP contribution in [0, 0.1) is 0 Å². The van der Waals surface area contributed by atoms with Crippen molar-refractivity contribution in [1.82, 2.24) is 15.0 Å².